The Hall–Kier alpha value is -1.29. The zero-order valence-corrected chi connectivity index (χ0v) is 9.89. The maximum absolute atomic E-state index is 5.88. The minimum absolute atomic E-state index is 0.645. The standard InChI is InChI=1S/C12H20N4/c1-2-6-15-7-9-16(10-8-15)11-4-3-5-14-12(11)13/h3-5H,2,6-10H2,1H3,(H2,13,14). The molecule has 0 radical (unpaired) electrons. The Morgan fingerprint density at radius 3 is 2.69 bits per heavy atom. The summed E-state index contributed by atoms with van der Waals surface area (Å²) >= 11 is 0. The molecule has 4 heteroatoms. The van der Waals surface area contributed by atoms with Gasteiger partial charge in [0.1, 0.15) is 5.82 Å². The molecule has 2 N–H and O–H groups in total. The monoisotopic (exact) mass is 220 g/mol. The average Bonchev–Trinajstić information content (AvgIpc) is 2.31. The van der Waals surface area contributed by atoms with Crippen molar-refractivity contribution in [1.29, 1.82) is 0 Å². The van der Waals surface area contributed by atoms with Gasteiger partial charge in [-0.2, -0.15) is 0 Å². The van der Waals surface area contributed by atoms with Crippen LogP contribution in [0.1, 0.15) is 13.3 Å². The van der Waals surface area contributed by atoms with Crippen LogP contribution in [0.3, 0.4) is 0 Å². The van der Waals surface area contributed by atoms with Crippen molar-refractivity contribution in [2.45, 2.75) is 13.3 Å². The highest BCUT2D eigenvalue weighted by atomic mass is 15.3. The van der Waals surface area contributed by atoms with Crippen LogP contribution in [0, 0.1) is 0 Å². The molecule has 0 aliphatic carbocycles. The number of hydrogen-bond donors (Lipinski definition) is 1. The molecule has 0 aromatic carbocycles. The lowest BCUT2D eigenvalue weighted by Crippen LogP contribution is -2.46. The Balaban J connectivity index is 1.96. The smallest absolute Gasteiger partial charge is 0.146 e. The lowest BCUT2D eigenvalue weighted by atomic mass is 10.2. The topological polar surface area (TPSA) is 45.4 Å². The first-order valence-corrected chi connectivity index (χ1v) is 5.99. The number of hydrogen-bond acceptors (Lipinski definition) is 4. The molecule has 4 nitrogen and oxygen atoms in total. The fraction of sp³-hybridized carbons (Fsp3) is 0.583. The molecule has 16 heavy (non-hydrogen) atoms. The van der Waals surface area contributed by atoms with Gasteiger partial charge >= 0.3 is 0 Å². The van der Waals surface area contributed by atoms with Gasteiger partial charge in [0.25, 0.3) is 0 Å². The minimum atomic E-state index is 0.645. The number of piperazine rings is 1. The first kappa shape index (κ1) is 11.2. The van der Waals surface area contributed by atoms with Gasteiger partial charge in [0.15, 0.2) is 0 Å². The number of nitrogens with two attached hydrogens (primary N) is 1. The summed E-state index contributed by atoms with van der Waals surface area (Å²) < 4.78 is 0. The summed E-state index contributed by atoms with van der Waals surface area (Å²) in [5.41, 5.74) is 6.96. The van der Waals surface area contributed by atoms with E-state index in [1.165, 1.54) is 13.0 Å². The number of rotatable bonds is 3. The highest BCUT2D eigenvalue weighted by Crippen LogP contribution is 2.21. The van der Waals surface area contributed by atoms with Crippen molar-refractivity contribution in [1.82, 2.24) is 9.88 Å². The van der Waals surface area contributed by atoms with E-state index in [4.69, 9.17) is 5.73 Å². The minimum Gasteiger partial charge on any atom is -0.382 e. The molecule has 88 valence electrons. The average molecular weight is 220 g/mol. The zero-order valence-electron chi connectivity index (χ0n) is 9.89. The Morgan fingerprint density at radius 2 is 2.06 bits per heavy atom. The Bertz CT molecular complexity index is 332. The third-order valence-corrected chi connectivity index (χ3v) is 3.07. The predicted octanol–water partition coefficient (Wildman–Crippen LogP) is 1.20. The van der Waals surface area contributed by atoms with Crippen molar-refractivity contribution in [2.24, 2.45) is 0 Å². The molecule has 0 unspecified atom stereocenters. The summed E-state index contributed by atoms with van der Waals surface area (Å²) in [7, 11) is 0. The molecule has 1 aliphatic rings. The third-order valence-electron chi connectivity index (χ3n) is 3.07. The maximum Gasteiger partial charge on any atom is 0.146 e. The number of nitrogens with zero attached hydrogens (tertiary/aromatic N) is 3. The summed E-state index contributed by atoms with van der Waals surface area (Å²) in [6, 6.07) is 4.00. The zero-order chi connectivity index (χ0) is 11.4. The van der Waals surface area contributed by atoms with Gasteiger partial charge in [0.2, 0.25) is 0 Å². The van der Waals surface area contributed by atoms with Gasteiger partial charge in [-0.3, -0.25) is 4.90 Å². The molecular weight excluding hydrogens is 200 g/mol. The van der Waals surface area contributed by atoms with Gasteiger partial charge in [-0.1, -0.05) is 6.92 Å². The fourth-order valence-electron chi connectivity index (χ4n) is 2.21. The Kier molecular flexibility index (Phi) is 3.62. The van der Waals surface area contributed by atoms with Crippen LogP contribution in [0.4, 0.5) is 11.5 Å². The molecule has 0 spiro atoms. The van der Waals surface area contributed by atoms with Crippen LogP contribution in [-0.2, 0) is 0 Å². The van der Waals surface area contributed by atoms with Gasteiger partial charge in [-0.15, -0.1) is 0 Å². The van der Waals surface area contributed by atoms with Crippen molar-refractivity contribution < 1.29 is 0 Å². The van der Waals surface area contributed by atoms with E-state index in [1.54, 1.807) is 6.20 Å². The van der Waals surface area contributed by atoms with Crippen molar-refractivity contribution in [3.05, 3.63) is 18.3 Å². The molecule has 1 aromatic heterocycles. The van der Waals surface area contributed by atoms with Crippen LogP contribution in [0.15, 0.2) is 18.3 Å². The summed E-state index contributed by atoms with van der Waals surface area (Å²) in [6.45, 7) is 7.79. The second-order valence-corrected chi connectivity index (χ2v) is 4.24. The highest BCUT2D eigenvalue weighted by molar-refractivity contribution is 5.63. The third kappa shape index (κ3) is 2.44. The molecule has 2 rings (SSSR count). The van der Waals surface area contributed by atoms with Gasteiger partial charge in [-0.25, -0.2) is 4.98 Å². The van der Waals surface area contributed by atoms with E-state index in [2.05, 4.69) is 27.8 Å². The highest BCUT2D eigenvalue weighted by Gasteiger charge is 2.17. The molecule has 1 aliphatic heterocycles. The number of anilines is 2. The lowest BCUT2D eigenvalue weighted by molar-refractivity contribution is 0.258. The van der Waals surface area contributed by atoms with Crippen molar-refractivity contribution in [2.75, 3.05) is 43.4 Å². The van der Waals surface area contributed by atoms with E-state index in [0.29, 0.717) is 5.82 Å². The Labute approximate surface area is 97.1 Å². The van der Waals surface area contributed by atoms with Crippen molar-refractivity contribution in [3.63, 3.8) is 0 Å². The summed E-state index contributed by atoms with van der Waals surface area (Å²) in [6.07, 6.45) is 2.97. The van der Waals surface area contributed by atoms with Crippen LogP contribution >= 0.6 is 0 Å². The van der Waals surface area contributed by atoms with E-state index in [-0.39, 0.29) is 0 Å². The first-order valence-electron chi connectivity index (χ1n) is 5.99. The van der Waals surface area contributed by atoms with Crippen LogP contribution < -0.4 is 10.6 Å². The van der Waals surface area contributed by atoms with Gasteiger partial charge < -0.3 is 10.6 Å². The second kappa shape index (κ2) is 5.16. The van der Waals surface area contributed by atoms with E-state index in [1.807, 2.05) is 6.07 Å². The van der Waals surface area contributed by atoms with Gasteiger partial charge in [-0.05, 0) is 25.1 Å². The van der Waals surface area contributed by atoms with E-state index >= 15 is 0 Å². The fourth-order valence-corrected chi connectivity index (χ4v) is 2.21. The molecular formula is C12H20N4. The Morgan fingerprint density at radius 1 is 1.31 bits per heavy atom. The molecule has 1 saturated heterocycles. The molecule has 0 saturated carbocycles. The maximum atomic E-state index is 5.88. The largest absolute Gasteiger partial charge is 0.382 e. The summed E-state index contributed by atoms with van der Waals surface area (Å²) in [5.74, 6) is 0.645. The molecule has 1 fully saturated rings. The first-order chi connectivity index (χ1) is 7.81. The lowest BCUT2D eigenvalue weighted by Gasteiger charge is -2.36. The summed E-state index contributed by atoms with van der Waals surface area (Å²) in [5, 5.41) is 0. The number of pyridine rings is 1. The van der Waals surface area contributed by atoms with Crippen LogP contribution in [-0.4, -0.2) is 42.6 Å². The second-order valence-electron chi connectivity index (χ2n) is 4.24. The molecule has 0 atom stereocenters. The van der Waals surface area contributed by atoms with E-state index in [0.717, 1.165) is 31.9 Å². The van der Waals surface area contributed by atoms with E-state index in [9.17, 15) is 0 Å². The molecule has 0 amide bonds. The summed E-state index contributed by atoms with van der Waals surface area (Å²) in [4.78, 5) is 8.96. The number of nitrogen functional groups attached to an aromatic ring is 1. The SMILES string of the molecule is CCCN1CCN(c2cccnc2N)CC1. The van der Waals surface area contributed by atoms with Crippen LogP contribution in [0.2, 0.25) is 0 Å². The molecule has 1 aromatic rings. The quantitative estimate of drug-likeness (QED) is 0.831. The number of aromatic nitrogens is 1. The molecule has 0 bridgehead atoms. The molecule has 2 heterocycles. The predicted molar refractivity (Wildman–Crippen MR) is 67.6 cm³/mol. The van der Waals surface area contributed by atoms with E-state index < -0.39 is 0 Å². The van der Waals surface area contributed by atoms with Crippen LogP contribution in [0.25, 0.3) is 0 Å². The van der Waals surface area contributed by atoms with Crippen molar-refractivity contribution in [3.8, 4) is 0 Å². The van der Waals surface area contributed by atoms with Gasteiger partial charge in [0, 0.05) is 32.4 Å². The normalized spacial score (nSPS) is 17.7. The van der Waals surface area contributed by atoms with Crippen molar-refractivity contribution >= 4 is 11.5 Å². The van der Waals surface area contributed by atoms with Gasteiger partial charge in [0.05, 0.1) is 5.69 Å². The van der Waals surface area contributed by atoms with Crippen LogP contribution in [0.5, 0.6) is 0 Å².